The minimum atomic E-state index is -0.979. The topological polar surface area (TPSA) is 106 Å². The molecule has 4 rings (SSSR count). The van der Waals surface area contributed by atoms with Crippen LogP contribution in [0.1, 0.15) is 57.0 Å². The van der Waals surface area contributed by atoms with E-state index in [0.717, 1.165) is 28.9 Å². The largest absolute Gasteiger partial charge is 0.507 e. The van der Waals surface area contributed by atoms with Crippen LogP contribution in [0, 0.1) is 20.8 Å². The zero-order valence-electron chi connectivity index (χ0n) is 22.3. The molecule has 8 nitrogen and oxygen atoms in total. The first-order valence-corrected chi connectivity index (χ1v) is 13.4. The fourth-order valence-electron chi connectivity index (χ4n) is 4.32. The van der Waals surface area contributed by atoms with Gasteiger partial charge in [0.1, 0.15) is 23.0 Å². The smallest absolute Gasteiger partial charge is 0.350 e. The number of ether oxygens (including phenoxy) is 2. The number of thiazole rings is 1. The highest BCUT2D eigenvalue weighted by molar-refractivity contribution is 7.17. The molecule has 1 atom stereocenters. The Balaban J connectivity index is 1.88. The fourth-order valence-corrected chi connectivity index (χ4v) is 5.31. The first-order chi connectivity index (χ1) is 18.7. The summed E-state index contributed by atoms with van der Waals surface area (Å²) >= 11 is 0.953. The van der Waals surface area contributed by atoms with Crippen molar-refractivity contribution < 1.29 is 29.0 Å². The monoisotopic (exact) mass is 546 g/mol. The zero-order valence-corrected chi connectivity index (χ0v) is 23.1. The van der Waals surface area contributed by atoms with Gasteiger partial charge in [-0.05, 0) is 56.5 Å². The SMILES string of the molecule is C=CCOC(=O)c1sc(N2C(=O)C(=O)C(=C(O)c3cc(C)ccc3C)C2c2ccc(OCCC)cc2)nc1C. The third-order valence-corrected chi connectivity index (χ3v) is 7.41. The molecular weight excluding hydrogens is 516 g/mol. The molecule has 1 aliphatic rings. The van der Waals surface area contributed by atoms with Crippen LogP contribution in [0.2, 0.25) is 0 Å². The molecule has 0 bridgehead atoms. The lowest BCUT2D eigenvalue weighted by molar-refractivity contribution is -0.132. The first-order valence-electron chi connectivity index (χ1n) is 12.5. The molecule has 9 heteroatoms. The van der Waals surface area contributed by atoms with Crippen LogP contribution in [0.25, 0.3) is 5.76 Å². The van der Waals surface area contributed by atoms with E-state index >= 15 is 0 Å². The van der Waals surface area contributed by atoms with Gasteiger partial charge in [-0.2, -0.15) is 0 Å². The molecule has 1 saturated heterocycles. The van der Waals surface area contributed by atoms with Crippen molar-refractivity contribution in [2.24, 2.45) is 0 Å². The average Bonchev–Trinajstić information content (AvgIpc) is 3.43. The summed E-state index contributed by atoms with van der Waals surface area (Å²) in [6.45, 7) is 11.5. The van der Waals surface area contributed by atoms with E-state index in [1.54, 1.807) is 37.3 Å². The van der Waals surface area contributed by atoms with Gasteiger partial charge >= 0.3 is 11.9 Å². The Morgan fingerprint density at radius 2 is 1.87 bits per heavy atom. The number of Topliss-reactive ketones (excluding diaryl/α,β-unsaturated/α-hetero) is 1. The van der Waals surface area contributed by atoms with Crippen LogP contribution in [-0.2, 0) is 14.3 Å². The number of aryl methyl sites for hydroxylation is 3. The number of aliphatic hydroxyl groups is 1. The Morgan fingerprint density at radius 1 is 1.15 bits per heavy atom. The number of hydrogen-bond donors (Lipinski definition) is 1. The number of amides is 1. The molecule has 1 N–H and O–H groups in total. The lowest BCUT2D eigenvalue weighted by Crippen LogP contribution is -2.29. The minimum absolute atomic E-state index is 0.0261. The van der Waals surface area contributed by atoms with Gasteiger partial charge in [0, 0.05) is 5.56 Å². The molecule has 0 spiro atoms. The molecule has 1 aliphatic heterocycles. The third-order valence-electron chi connectivity index (χ3n) is 6.27. The summed E-state index contributed by atoms with van der Waals surface area (Å²) in [6, 6.07) is 11.6. The Labute approximate surface area is 231 Å². The Morgan fingerprint density at radius 3 is 2.54 bits per heavy atom. The number of aromatic nitrogens is 1. The summed E-state index contributed by atoms with van der Waals surface area (Å²) in [5, 5.41) is 11.6. The molecule has 2 aromatic carbocycles. The van der Waals surface area contributed by atoms with Gasteiger partial charge in [-0.15, -0.1) is 0 Å². The zero-order chi connectivity index (χ0) is 28.3. The van der Waals surface area contributed by atoms with E-state index in [2.05, 4.69) is 11.6 Å². The second-order valence-electron chi connectivity index (χ2n) is 9.20. The van der Waals surface area contributed by atoms with Crippen LogP contribution in [-0.4, -0.2) is 41.0 Å². The summed E-state index contributed by atoms with van der Waals surface area (Å²) in [5.41, 5.74) is 2.99. The summed E-state index contributed by atoms with van der Waals surface area (Å²) in [7, 11) is 0. The van der Waals surface area contributed by atoms with E-state index in [9.17, 15) is 19.5 Å². The maximum Gasteiger partial charge on any atom is 0.350 e. The maximum atomic E-state index is 13.5. The Bertz CT molecular complexity index is 1470. The van der Waals surface area contributed by atoms with Crippen molar-refractivity contribution in [1.82, 2.24) is 4.98 Å². The van der Waals surface area contributed by atoms with E-state index in [1.807, 2.05) is 32.9 Å². The average molecular weight is 547 g/mol. The Hall–Kier alpha value is -4.24. The second-order valence-corrected chi connectivity index (χ2v) is 10.2. The van der Waals surface area contributed by atoms with E-state index < -0.39 is 23.7 Å². The van der Waals surface area contributed by atoms with Gasteiger partial charge in [-0.1, -0.05) is 60.7 Å². The summed E-state index contributed by atoms with van der Waals surface area (Å²) in [5.74, 6) is -1.92. The standard InChI is InChI=1S/C30H30N2O6S/c1-6-14-37-21-12-10-20(11-13-21)24-23(25(33)22-16-17(3)8-9-18(22)4)26(34)28(35)32(24)30-31-19(5)27(39-30)29(36)38-15-7-2/h7-13,16,24,33H,2,6,14-15H2,1,3-5H3. The number of ketones is 1. The number of nitrogens with zero attached hydrogens (tertiary/aromatic N) is 2. The predicted molar refractivity (Wildman–Crippen MR) is 150 cm³/mol. The number of hydrogen-bond acceptors (Lipinski definition) is 8. The number of esters is 1. The van der Waals surface area contributed by atoms with Crippen molar-refractivity contribution in [3.8, 4) is 5.75 Å². The number of carbonyl (C=O) groups is 3. The van der Waals surface area contributed by atoms with Crippen molar-refractivity contribution in [3.05, 3.63) is 93.5 Å². The van der Waals surface area contributed by atoms with Crippen molar-refractivity contribution in [2.45, 2.75) is 40.2 Å². The van der Waals surface area contributed by atoms with Crippen molar-refractivity contribution in [3.63, 3.8) is 0 Å². The van der Waals surface area contributed by atoms with Gasteiger partial charge in [-0.25, -0.2) is 9.78 Å². The van der Waals surface area contributed by atoms with E-state index in [4.69, 9.17) is 9.47 Å². The van der Waals surface area contributed by atoms with Crippen molar-refractivity contribution >= 4 is 39.9 Å². The molecular formula is C30H30N2O6S. The maximum absolute atomic E-state index is 13.5. The predicted octanol–water partition coefficient (Wildman–Crippen LogP) is 5.83. The highest BCUT2D eigenvalue weighted by Crippen LogP contribution is 2.44. The van der Waals surface area contributed by atoms with Crippen molar-refractivity contribution in [1.29, 1.82) is 0 Å². The molecule has 0 aliphatic carbocycles. The summed E-state index contributed by atoms with van der Waals surface area (Å²) in [4.78, 5) is 45.5. The van der Waals surface area contributed by atoms with Crippen molar-refractivity contribution in [2.75, 3.05) is 18.1 Å². The normalized spacial score (nSPS) is 16.4. The number of rotatable bonds is 9. The molecule has 202 valence electrons. The van der Waals surface area contributed by atoms with Crippen LogP contribution in [0.3, 0.4) is 0 Å². The first kappa shape index (κ1) is 27.8. The molecule has 1 unspecified atom stereocenters. The van der Waals surface area contributed by atoms with E-state index in [-0.39, 0.29) is 27.9 Å². The molecule has 39 heavy (non-hydrogen) atoms. The van der Waals surface area contributed by atoms with Gasteiger partial charge in [0.05, 0.1) is 23.9 Å². The van der Waals surface area contributed by atoms with Gasteiger partial charge in [-0.3, -0.25) is 14.5 Å². The van der Waals surface area contributed by atoms with E-state index in [0.29, 0.717) is 29.2 Å². The van der Waals surface area contributed by atoms with Crippen LogP contribution < -0.4 is 9.64 Å². The van der Waals surface area contributed by atoms with Crippen LogP contribution in [0.4, 0.5) is 5.13 Å². The van der Waals surface area contributed by atoms with Gasteiger partial charge in [0.25, 0.3) is 5.78 Å². The highest BCUT2D eigenvalue weighted by Gasteiger charge is 2.48. The van der Waals surface area contributed by atoms with Crippen LogP contribution >= 0.6 is 11.3 Å². The number of benzene rings is 2. The number of anilines is 1. The second kappa shape index (κ2) is 11.7. The minimum Gasteiger partial charge on any atom is -0.507 e. The number of aliphatic hydroxyl groups excluding tert-OH is 1. The van der Waals surface area contributed by atoms with Gasteiger partial charge in [0.15, 0.2) is 5.13 Å². The third kappa shape index (κ3) is 5.49. The fraction of sp³-hybridized carbons (Fsp3) is 0.267. The molecule has 1 amide bonds. The summed E-state index contributed by atoms with van der Waals surface area (Å²) in [6.07, 6.45) is 2.30. The molecule has 3 aromatic rings. The molecule has 1 fully saturated rings. The molecule has 1 aromatic heterocycles. The quantitative estimate of drug-likeness (QED) is 0.118. The summed E-state index contributed by atoms with van der Waals surface area (Å²) < 4.78 is 10.9. The Kier molecular flexibility index (Phi) is 8.30. The molecule has 2 heterocycles. The highest BCUT2D eigenvalue weighted by atomic mass is 32.1. The molecule has 0 radical (unpaired) electrons. The van der Waals surface area contributed by atoms with Gasteiger partial charge < -0.3 is 14.6 Å². The number of carbonyl (C=O) groups excluding carboxylic acids is 3. The molecule has 0 saturated carbocycles. The lowest BCUT2D eigenvalue weighted by atomic mass is 9.93. The van der Waals surface area contributed by atoms with Crippen LogP contribution in [0.5, 0.6) is 5.75 Å². The van der Waals surface area contributed by atoms with E-state index in [1.165, 1.54) is 11.0 Å². The lowest BCUT2D eigenvalue weighted by Gasteiger charge is -2.23. The van der Waals surface area contributed by atoms with Crippen LogP contribution in [0.15, 0.2) is 60.7 Å². The van der Waals surface area contributed by atoms with Gasteiger partial charge in [0.2, 0.25) is 0 Å².